The van der Waals surface area contributed by atoms with E-state index in [1.165, 1.54) is 18.5 Å². The first kappa shape index (κ1) is 21.3. The average Bonchev–Trinajstić information content (AvgIpc) is 3.05. The van der Waals surface area contributed by atoms with Gasteiger partial charge in [-0.1, -0.05) is 18.0 Å². The zero-order valence-electron chi connectivity index (χ0n) is 17.6. The Morgan fingerprint density at radius 3 is 2.88 bits per heavy atom. The number of anilines is 1. The molecule has 5 rings (SSSR count). The Bertz CT molecular complexity index is 1430. The van der Waals surface area contributed by atoms with Gasteiger partial charge in [-0.25, -0.2) is 9.37 Å². The quantitative estimate of drug-likeness (QED) is 0.493. The SMILES string of the molecule is O=C(Cn1cnc2ccc(F)cc2c1=O)Nc1ccc(Cl)c(-c2nnc3n2CCCCC3)c1. The van der Waals surface area contributed by atoms with E-state index in [0.29, 0.717) is 27.6 Å². The summed E-state index contributed by atoms with van der Waals surface area (Å²) in [6, 6.07) is 8.90. The number of hydrogen-bond acceptors (Lipinski definition) is 5. The van der Waals surface area contributed by atoms with Gasteiger partial charge in [0.2, 0.25) is 5.91 Å². The van der Waals surface area contributed by atoms with Crippen molar-refractivity contribution in [2.75, 3.05) is 5.32 Å². The minimum absolute atomic E-state index is 0.117. The number of carbonyl (C=O) groups excluding carboxylic acids is 1. The highest BCUT2D eigenvalue weighted by molar-refractivity contribution is 6.33. The molecule has 168 valence electrons. The summed E-state index contributed by atoms with van der Waals surface area (Å²) >= 11 is 6.45. The van der Waals surface area contributed by atoms with E-state index in [2.05, 4.69) is 25.1 Å². The predicted octanol–water partition coefficient (Wildman–Crippen LogP) is 3.81. The third-order valence-electron chi connectivity index (χ3n) is 5.70. The molecule has 0 saturated carbocycles. The Morgan fingerprint density at radius 1 is 1.12 bits per heavy atom. The summed E-state index contributed by atoms with van der Waals surface area (Å²) in [6.07, 6.45) is 5.42. The van der Waals surface area contributed by atoms with Crippen LogP contribution < -0.4 is 10.9 Å². The second kappa shape index (κ2) is 8.74. The summed E-state index contributed by atoms with van der Waals surface area (Å²) < 4.78 is 16.8. The van der Waals surface area contributed by atoms with Crippen LogP contribution in [-0.2, 0) is 24.3 Å². The fraction of sp³-hybridized carbons (Fsp3) is 0.261. The van der Waals surface area contributed by atoms with Gasteiger partial charge in [0.25, 0.3) is 5.56 Å². The summed E-state index contributed by atoms with van der Waals surface area (Å²) in [4.78, 5) is 29.4. The largest absolute Gasteiger partial charge is 0.325 e. The van der Waals surface area contributed by atoms with Crippen molar-refractivity contribution < 1.29 is 9.18 Å². The van der Waals surface area contributed by atoms with E-state index in [9.17, 15) is 14.0 Å². The maximum atomic E-state index is 13.5. The maximum Gasteiger partial charge on any atom is 0.261 e. The van der Waals surface area contributed by atoms with Gasteiger partial charge < -0.3 is 9.88 Å². The summed E-state index contributed by atoms with van der Waals surface area (Å²) in [7, 11) is 0. The van der Waals surface area contributed by atoms with Gasteiger partial charge in [-0.05, 0) is 49.2 Å². The van der Waals surface area contributed by atoms with Crippen molar-refractivity contribution in [3.63, 3.8) is 0 Å². The Morgan fingerprint density at radius 2 is 2.00 bits per heavy atom. The Kier molecular flexibility index (Phi) is 5.63. The molecular formula is C23H20ClFN6O2. The highest BCUT2D eigenvalue weighted by Gasteiger charge is 2.19. The molecule has 1 aliphatic rings. The van der Waals surface area contributed by atoms with E-state index >= 15 is 0 Å². The predicted molar refractivity (Wildman–Crippen MR) is 123 cm³/mol. The van der Waals surface area contributed by atoms with Crippen molar-refractivity contribution in [3.8, 4) is 11.4 Å². The molecule has 0 unspecified atom stereocenters. The van der Waals surface area contributed by atoms with Crippen LogP contribution in [0.2, 0.25) is 5.02 Å². The van der Waals surface area contributed by atoms with Crippen LogP contribution in [0.3, 0.4) is 0 Å². The van der Waals surface area contributed by atoms with Crippen LogP contribution in [0.5, 0.6) is 0 Å². The van der Waals surface area contributed by atoms with E-state index < -0.39 is 17.3 Å². The van der Waals surface area contributed by atoms with Gasteiger partial charge >= 0.3 is 0 Å². The van der Waals surface area contributed by atoms with Crippen LogP contribution in [0.4, 0.5) is 10.1 Å². The summed E-state index contributed by atoms with van der Waals surface area (Å²) in [5.41, 5.74) is 1.07. The normalized spacial score (nSPS) is 13.5. The number of benzene rings is 2. The minimum Gasteiger partial charge on any atom is -0.325 e. The van der Waals surface area contributed by atoms with Crippen molar-refractivity contribution >= 4 is 34.1 Å². The standard InChI is InChI=1S/C23H20ClFN6O2/c24-18-7-6-15(11-16(18)22-29-28-20-4-2-1-3-9-31(20)22)27-21(32)12-30-13-26-19-8-5-14(25)10-17(19)23(30)33/h5-8,10-11,13H,1-4,9,12H2,(H,27,32). The number of rotatable bonds is 4. The second-order valence-electron chi connectivity index (χ2n) is 7.98. The van der Waals surface area contributed by atoms with Gasteiger partial charge in [0.05, 0.1) is 22.3 Å². The molecule has 3 heterocycles. The maximum absolute atomic E-state index is 13.5. The van der Waals surface area contributed by atoms with Crippen LogP contribution in [0.25, 0.3) is 22.3 Å². The lowest BCUT2D eigenvalue weighted by Crippen LogP contribution is -2.28. The molecular weight excluding hydrogens is 447 g/mol. The molecule has 0 fully saturated rings. The molecule has 4 aromatic rings. The number of carbonyl (C=O) groups is 1. The first-order valence-corrected chi connectivity index (χ1v) is 11.0. The number of halogens is 2. The molecule has 2 aromatic carbocycles. The molecule has 0 bridgehead atoms. The third kappa shape index (κ3) is 4.23. The van der Waals surface area contributed by atoms with Crippen molar-refractivity contribution in [2.45, 2.75) is 38.8 Å². The Hall–Kier alpha value is -3.59. The van der Waals surface area contributed by atoms with Gasteiger partial charge in [-0.3, -0.25) is 14.2 Å². The topological polar surface area (TPSA) is 94.7 Å². The molecule has 0 saturated heterocycles. The molecule has 0 aliphatic carbocycles. The first-order chi connectivity index (χ1) is 16.0. The lowest BCUT2D eigenvalue weighted by Gasteiger charge is -2.12. The molecule has 1 amide bonds. The van der Waals surface area contributed by atoms with Crippen LogP contribution in [0.1, 0.15) is 25.1 Å². The molecule has 0 radical (unpaired) electrons. The fourth-order valence-corrected chi connectivity index (χ4v) is 4.26. The molecule has 8 nitrogen and oxygen atoms in total. The number of aromatic nitrogens is 5. The smallest absolute Gasteiger partial charge is 0.261 e. The molecule has 1 aliphatic heterocycles. The van der Waals surface area contributed by atoms with Crippen LogP contribution >= 0.6 is 11.6 Å². The Balaban J connectivity index is 1.39. The summed E-state index contributed by atoms with van der Waals surface area (Å²) in [5, 5.41) is 12.1. The van der Waals surface area contributed by atoms with Gasteiger partial charge in [0.15, 0.2) is 5.82 Å². The molecule has 10 heteroatoms. The monoisotopic (exact) mass is 466 g/mol. The molecule has 0 spiro atoms. The number of amides is 1. The highest BCUT2D eigenvalue weighted by atomic mass is 35.5. The van der Waals surface area contributed by atoms with Crippen molar-refractivity contribution in [1.29, 1.82) is 0 Å². The van der Waals surface area contributed by atoms with Crippen molar-refractivity contribution in [2.24, 2.45) is 0 Å². The fourth-order valence-electron chi connectivity index (χ4n) is 4.06. The highest BCUT2D eigenvalue weighted by Crippen LogP contribution is 2.31. The number of fused-ring (bicyclic) bond motifs is 2. The van der Waals surface area contributed by atoms with Crippen molar-refractivity contribution in [1.82, 2.24) is 24.3 Å². The molecule has 1 N–H and O–H groups in total. The van der Waals surface area contributed by atoms with E-state index in [-0.39, 0.29) is 11.9 Å². The summed E-state index contributed by atoms with van der Waals surface area (Å²) in [5.74, 6) is 0.643. The summed E-state index contributed by atoms with van der Waals surface area (Å²) in [6.45, 7) is 0.555. The molecule has 33 heavy (non-hydrogen) atoms. The van der Waals surface area contributed by atoms with Gasteiger partial charge in [0.1, 0.15) is 18.2 Å². The van der Waals surface area contributed by atoms with Gasteiger partial charge in [-0.15, -0.1) is 10.2 Å². The number of nitrogens with zero attached hydrogens (tertiary/aromatic N) is 5. The van der Waals surface area contributed by atoms with Crippen LogP contribution in [0, 0.1) is 5.82 Å². The van der Waals surface area contributed by atoms with Crippen LogP contribution in [-0.4, -0.2) is 30.2 Å². The van der Waals surface area contributed by atoms with E-state index in [1.807, 2.05) is 0 Å². The van der Waals surface area contributed by atoms with E-state index in [4.69, 9.17) is 11.6 Å². The molecule has 0 atom stereocenters. The first-order valence-electron chi connectivity index (χ1n) is 10.7. The lowest BCUT2D eigenvalue weighted by atomic mass is 10.1. The third-order valence-corrected chi connectivity index (χ3v) is 6.03. The second-order valence-corrected chi connectivity index (χ2v) is 8.39. The van der Waals surface area contributed by atoms with E-state index in [0.717, 1.165) is 48.7 Å². The van der Waals surface area contributed by atoms with Crippen molar-refractivity contribution in [3.05, 3.63) is 69.7 Å². The minimum atomic E-state index is -0.538. The Labute approximate surface area is 193 Å². The lowest BCUT2D eigenvalue weighted by molar-refractivity contribution is -0.116. The zero-order valence-corrected chi connectivity index (χ0v) is 18.3. The molecule has 2 aromatic heterocycles. The number of hydrogen-bond donors (Lipinski definition) is 1. The van der Waals surface area contributed by atoms with E-state index in [1.54, 1.807) is 18.2 Å². The number of aryl methyl sites for hydroxylation is 1. The zero-order chi connectivity index (χ0) is 22.9. The average molecular weight is 467 g/mol. The van der Waals surface area contributed by atoms with Gasteiger partial charge in [-0.2, -0.15) is 0 Å². The number of nitrogens with one attached hydrogen (secondary N) is 1. The van der Waals surface area contributed by atoms with Crippen LogP contribution in [0.15, 0.2) is 47.5 Å². The van der Waals surface area contributed by atoms with Gasteiger partial charge in [0, 0.05) is 24.2 Å².